The van der Waals surface area contributed by atoms with Gasteiger partial charge in [-0.3, -0.25) is 9.36 Å². The second kappa shape index (κ2) is 7.60. The molecule has 2 atom stereocenters. The van der Waals surface area contributed by atoms with Crippen LogP contribution in [0.15, 0.2) is 15.3 Å². The Kier molecular flexibility index (Phi) is 5.25. The summed E-state index contributed by atoms with van der Waals surface area (Å²) in [5.41, 5.74) is 0.0296. The number of alkyl halides is 3. The lowest BCUT2D eigenvalue weighted by atomic mass is 10.1. The second-order valence-corrected chi connectivity index (χ2v) is 7.73. The van der Waals surface area contributed by atoms with Gasteiger partial charge >= 0.3 is 6.18 Å². The summed E-state index contributed by atoms with van der Waals surface area (Å²) in [6.07, 6.45) is -4.71. The van der Waals surface area contributed by atoms with Gasteiger partial charge in [0.1, 0.15) is 23.3 Å². The van der Waals surface area contributed by atoms with Gasteiger partial charge in [0.15, 0.2) is 5.89 Å². The lowest BCUT2D eigenvalue weighted by Crippen LogP contribution is -2.52. The zero-order valence-electron chi connectivity index (χ0n) is 17.1. The summed E-state index contributed by atoms with van der Waals surface area (Å²) in [5, 5.41) is 0. The number of fused-ring (bicyclic) bond motifs is 1. The van der Waals surface area contributed by atoms with Crippen LogP contribution in [0.4, 0.5) is 24.9 Å². The van der Waals surface area contributed by atoms with Crippen LogP contribution in [0, 0.1) is 13.8 Å². The van der Waals surface area contributed by atoms with Gasteiger partial charge in [-0.15, -0.1) is 0 Å². The lowest BCUT2D eigenvalue weighted by Gasteiger charge is -2.40. The minimum atomic E-state index is -4.47. The molecule has 30 heavy (non-hydrogen) atoms. The first kappa shape index (κ1) is 20.7. The smallest absolute Gasteiger partial charge is 0.408 e. The number of oxazole rings is 1. The standard InChI is InChI=1S/C19H24F3N5O3/c1-11-10-29-7-6-25(11)16-8-17(28)26-5-4-15(19(20,21)22)27(18(26)24-16)9-14-12(2)30-13(3)23-14/h8,11,15H,4-7,9-10H2,1-3H3. The van der Waals surface area contributed by atoms with Crippen LogP contribution in [0.25, 0.3) is 0 Å². The van der Waals surface area contributed by atoms with Gasteiger partial charge < -0.3 is 19.0 Å². The number of aromatic nitrogens is 3. The zero-order valence-corrected chi connectivity index (χ0v) is 17.1. The van der Waals surface area contributed by atoms with E-state index in [4.69, 9.17) is 9.15 Å². The van der Waals surface area contributed by atoms with Gasteiger partial charge in [-0.2, -0.15) is 18.2 Å². The van der Waals surface area contributed by atoms with Crippen LogP contribution in [0.3, 0.4) is 0 Å². The van der Waals surface area contributed by atoms with Crippen LogP contribution in [0.5, 0.6) is 0 Å². The summed E-state index contributed by atoms with van der Waals surface area (Å²) >= 11 is 0. The lowest BCUT2D eigenvalue weighted by molar-refractivity contribution is -0.153. The Morgan fingerprint density at radius 3 is 2.63 bits per heavy atom. The molecule has 0 amide bonds. The SMILES string of the molecule is Cc1nc(CN2c3nc(N4CCOCC4C)cc(=O)n3CCC2C(F)(F)F)c(C)o1. The fraction of sp³-hybridized carbons (Fsp3) is 0.632. The molecule has 4 rings (SSSR count). The molecule has 2 unspecified atom stereocenters. The van der Waals surface area contributed by atoms with Crippen LogP contribution >= 0.6 is 0 Å². The maximum atomic E-state index is 13.9. The molecule has 2 aromatic rings. The van der Waals surface area contributed by atoms with Crippen molar-refractivity contribution in [1.82, 2.24) is 14.5 Å². The number of hydrogen-bond donors (Lipinski definition) is 0. The van der Waals surface area contributed by atoms with E-state index >= 15 is 0 Å². The molecule has 0 N–H and O–H groups in total. The van der Waals surface area contributed by atoms with Crippen molar-refractivity contribution in [1.29, 1.82) is 0 Å². The van der Waals surface area contributed by atoms with E-state index in [-0.39, 0.29) is 37.1 Å². The molecule has 0 aromatic carbocycles. The summed E-state index contributed by atoms with van der Waals surface area (Å²) < 4.78 is 53.8. The molecule has 2 aliphatic heterocycles. The van der Waals surface area contributed by atoms with Crippen molar-refractivity contribution in [3.05, 3.63) is 33.8 Å². The van der Waals surface area contributed by atoms with Gasteiger partial charge in [0.2, 0.25) is 5.95 Å². The molecule has 4 heterocycles. The first-order valence-corrected chi connectivity index (χ1v) is 9.87. The van der Waals surface area contributed by atoms with Crippen molar-refractivity contribution in [2.75, 3.05) is 29.6 Å². The molecule has 0 aliphatic carbocycles. The van der Waals surface area contributed by atoms with Gasteiger partial charge in [0.25, 0.3) is 5.56 Å². The summed E-state index contributed by atoms with van der Waals surface area (Å²) in [6.45, 7) is 6.48. The third kappa shape index (κ3) is 3.78. The Hall–Kier alpha value is -2.56. The molecule has 0 bridgehead atoms. The third-order valence-electron chi connectivity index (χ3n) is 5.59. The van der Waals surface area contributed by atoms with Crippen molar-refractivity contribution in [2.24, 2.45) is 0 Å². The highest BCUT2D eigenvalue weighted by atomic mass is 19.4. The van der Waals surface area contributed by atoms with Crippen LogP contribution in [0.2, 0.25) is 0 Å². The minimum Gasteiger partial charge on any atom is -0.446 e. The highest BCUT2D eigenvalue weighted by Gasteiger charge is 2.47. The predicted molar refractivity (Wildman–Crippen MR) is 103 cm³/mol. The first-order valence-electron chi connectivity index (χ1n) is 9.87. The highest BCUT2D eigenvalue weighted by Crippen LogP contribution is 2.35. The molecule has 0 saturated carbocycles. The Labute approximate surface area is 171 Å². The minimum absolute atomic E-state index is 0.00446. The van der Waals surface area contributed by atoms with E-state index in [0.717, 1.165) is 4.90 Å². The molecule has 11 heteroatoms. The van der Waals surface area contributed by atoms with Crippen molar-refractivity contribution >= 4 is 11.8 Å². The number of aryl methyl sites for hydroxylation is 2. The van der Waals surface area contributed by atoms with Gasteiger partial charge in [-0.1, -0.05) is 0 Å². The topological polar surface area (TPSA) is 76.6 Å². The highest BCUT2D eigenvalue weighted by molar-refractivity contribution is 5.48. The van der Waals surface area contributed by atoms with Gasteiger partial charge in [0.05, 0.1) is 25.8 Å². The van der Waals surface area contributed by atoms with E-state index in [1.54, 1.807) is 13.8 Å². The van der Waals surface area contributed by atoms with Crippen molar-refractivity contribution in [3.63, 3.8) is 0 Å². The summed E-state index contributed by atoms with van der Waals surface area (Å²) in [7, 11) is 0. The molecule has 0 spiro atoms. The van der Waals surface area contributed by atoms with E-state index in [1.807, 2.05) is 11.8 Å². The Morgan fingerprint density at radius 2 is 2.00 bits per heavy atom. The quantitative estimate of drug-likeness (QED) is 0.745. The Morgan fingerprint density at radius 1 is 1.23 bits per heavy atom. The van der Waals surface area contributed by atoms with Crippen LogP contribution in [0.1, 0.15) is 30.7 Å². The summed E-state index contributed by atoms with van der Waals surface area (Å²) in [5.74, 6) is 1.20. The van der Waals surface area contributed by atoms with E-state index in [1.165, 1.54) is 10.6 Å². The van der Waals surface area contributed by atoms with E-state index < -0.39 is 12.2 Å². The average Bonchev–Trinajstić information content (AvgIpc) is 2.98. The first-order chi connectivity index (χ1) is 14.1. The maximum absolute atomic E-state index is 13.9. The molecule has 1 fully saturated rings. The summed E-state index contributed by atoms with van der Waals surface area (Å²) in [6, 6.07) is -0.411. The Bertz CT molecular complexity index is 987. The number of rotatable bonds is 3. The number of anilines is 2. The largest absolute Gasteiger partial charge is 0.446 e. The zero-order chi connectivity index (χ0) is 21.6. The van der Waals surface area contributed by atoms with E-state index in [9.17, 15) is 18.0 Å². The molecule has 164 valence electrons. The summed E-state index contributed by atoms with van der Waals surface area (Å²) in [4.78, 5) is 24.6. The molecule has 0 radical (unpaired) electrons. The van der Waals surface area contributed by atoms with Gasteiger partial charge in [0, 0.05) is 26.1 Å². The van der Waals surface area contributed by atoms with Gasteiger partial charge in [-0.25, -0.2) is 4.98 Å². The normalized spacial score (nSPS) is 22.3. The Balaban J connectivity index is 1.80. The number of morpholine rings is 1. The maximum Gasteiger partial charge on any atom is 0.408 e. The molecule has 2 aliphatic rings. The average molecular weight is 427 g/mol. The predicted octanol–water partition coefficient (Wildman–Crippen LogP) is 2.41. The van der Waals surface area contributed by atoms with Crippen molar-refractivity contribution in [3.8, 4) is 0 Å². The van der Waals surface area contributed by atoms with Crippen LogP contribution < -0.4 is 15.4 Å². The molecular weight excluding hydrogens is 403 g/mol. The molecular formula is C19H24F3N5O3. The fourth-order valence-corrected chi connectivity index (χ4v) is 4.07. The molecule has 2 aromatic heterocycles. The number of hydrogen-bond acceptors (Lipinski definition) is 7. The van der Waals surface area contributed by atoms with E-state index in [0.29, 0.717) is 42.9 Å². The molecule has 1 saturated heterocycles. The van der Waals surface area contributed by atoms with Crippen LogP contribution in [-0.2, 0) is 17.8 Å². The number of halogens is 3. The van der Waals surface area contributed by atoms with Crippen LogP contribution in [-0.4, -0.2) is 52.6 Å². The monoisotopic (exact) mass is 427 g/mol. The van der Waals surface area contributed by atoms with Crippen molar-refractivity contribution in [2.45, 2.75) is 58.5 Å². The fourth-order valence-electron chi connectivity index (χ4n) is 4.07. The van der Waals surface area contributed by atoms with Gasteiger partial charge in [-0.05, 0) is 20.3 Å². The van der Waals surface area contributed by atoms with E-state index in [2.05, 4.69) is 9.97 Å². The molecule has 8 nitrogen and oxygen atoms in total. The second-order valence-electron chi connectivity index (χ2n) is 7.73. The van der Waals surface area contributed by atoms with Crippen molar-refractivity contribution < 1.29 is 22.3 Å². The number of ether oxygens (including phenoxy) is 1. The third-order valence-corrected chi connectivity index (χ3v) is 5.59. The number of nitrogens with zero attached hydrogens (tertiary/aromatic N) is 5.